The number of hydrazine groups is 1. The van der Waals surface area contributed by atoms with Crippen molar-refractivity contribution < 1.29 is 18.9 Å². The normalized spacial score (nSPS) is 10.3. The van der Waals surface area contributed by atoms with Gasteiger partial charge in [0.2, 0.25) is 0 Å². The van der Waals surface area contributed by atoms with Gasteiger partial charge in [-0.25, -0.2) is 0 Å². The highest BCUT2D eigenvalue weighted by molar-refractivity contribution is 5.43. The first kappa shape index (κ1) is 17.9. The van der Waals surface area contributed by atoms with E-state index in [0.717, 1.165) is 28.4 Å². The summed E-state index contributed by atoms with van der Waals surface area (Å²) >= 11 is 0. The fraction of sp³-hybridized carbons (Fsp3) is 0.333. The van der Waals surface area contributed by atoms with E-state index in [1.54, 1.807) is 28.4 Å². The Balaban J connectivity index is 1.89. The summed E-state index contributed by atoms with van der Waals surface area (Å²) in [6, 6.07) is 11.6. The predicted octanol–water partition coefficient (Wildman–Crippen LogP) is 2.52. The molecule has 2 aromatic rings. The van der Waals surface area contributed by atoms with E-state index in [1.165, 1.54) is 0 Å². The molecule has 0 aliphatic heterocycles. The summed E-state index contributed by atoms with van der Waals surface area (Å²) in [7, 11) is 6.54. The first-order chi connectivity index (χ1) is 11.7. The maximum Gasteiger partial charge on any atom is 0.161 e. The molecule has 0 aromatic heterocycles. The van der Waals surface area contributed by atoms with Crippen molar-refractivity contribution in [2.45, 2.75) is 13.1 Å². The minimum atomic E-state index is 0.625. The lowest BCUT2D eigenvalue weighted by Crippen LogP contribution is -2.30. The van der Waals surface area contributed by atoms with Gasteiger partial charge in [0.15, 0.2) is 11.5 Å². The zero-order valence-corrected chi connectivity index (χ0v) is 14.5. The highest BCUT2D eigenvalue weighted by Crippen LogP contribution is 2.27. The van der Waals surface area contributed by atoms with Crippen LogP contribution in [0.4, 0.5) is 0 Å². The highest BCUT2D eigenvalue weighted by Gasteiger charge is 2.06. The van der Waals surface area contributed by atoms with E-state index in [9.17, 15) is 0 Å². The molecule has 0 aliphatic carbocycles. The van der Waals surface area contributed by atoms with Gasteiger partial charge >= 0.3 is 0 Å². The van der Waals surface area contributed by atoms with E-state index in [-0.39, 0.29) is 0 Å². The number of benzene rings is 2. The van der Waals surface area contributed by atoms with Gasteiger partial charge in [0.1, 0.15) is 11.5 Å². The second kappa shape index (κ2) is 9.00. The zero-order chi connectivity index (χ0) is 17.4. The number of nitrogens with one attached hydrogen (secondary N) is 2. The summed E-state index contributed by atoms with van der Waals surface area (Å²) in [5.74, 6) is 2.99. The first-order valence-corrected chi connectivity index (χ1v) is 7.59. The van der Waals surface area contributed by atoms with E-state index in [1.807, 2.05) is 36.4 Å². The van der Waals surface area contributed by atoms with Gasteiger partial charge < -0.3 is 18.9 Å². The van der Waals surface area contributed by atoms with Gasteiger partial charge in [-0.05, 0) is 23.8 Å². The van der Waals surface area contributed by atoms with Crippen LogP contribution in [0.25, 0.3) is 0 Å². The molecule has 0 bridgehead atoms. The molecule has 2 rings (SSSR count). The molecule has 0 saturated heterocycles. The Hall–Kier alpha value is -2.44. The molecule has 0 amide bonds. The van der Waals surface area contributed by atoms with Crippen LogP contribution < -0.4 is 29.8 Å². The van der Waals surface area contributed by atoms with E-state index in [4.69, 9.17) is 18.9 Å². The standard InChI is InChI=1S/C18H24N2O4/c1-21-15-7-6-14(17(10-15)23-3)12-20-19-11-13-5-8-16(22-2)18(9-13)24-4/h5-10,19-20H,11-12H2,1-4H3. The van der Waals surface area contributed by atoms with Crippen LogP contribution in [-0.2, 0) is 13.1 Å². The second-order valence-electron chi connectivity index (χ2n) is 5.07. The maximum atomic E-state index is 5.38. The fourth-order valence-electron chi connectivity index (χ4n) is 2.31. The van der Waals surface area contributed by atoms with Crippen molar-refractivity contribution in [2.24, 2.45) is 0 Å². The van der Waals surface area contributed by atoms with Crippen molar-refractivity contribution in [2.75, 3.05) is 28.4 Å². The van der Waals surface area contributed by atoms with Gasteiger partial charge in [0.25, 0.3) is 0 Å². The third-order valence-corrected chi connectivity index (χ3v) is 3.64. The summed E-state index contributed by atoms with van der Waals surface area (Å²) < 4.78 is 21.1. The quantitative estimate of drug-likeness (QED) is 0.543. The number of methoxy groups -OCH3 is 4. The van der Waals surface area contributed by atoms with Crippen molar-refractivity contribution in [1.82, 2.24) is 10.9 Å². The van der Waals surface area contributed by atoms with Crippen molar-refractivity contribution in [3.63, 3.8) is 0 Å². The molecule has 0 fully saturated rings. The van der Waals surface area contributed by atoms with Crippen LogP contribution in [0.5, 0.6) is 23.0 Å². The number of hydrogen-bond acceptors (Lipinski definition) is 6. The molecule has 0 saturated carbocycles. The molecule has 0 atom stereocenters. The van der Waals surface area contributed by atoms with E-state index in [2.05, 4.69) is 10.9 Å². The second-order valence-corrected chi connectivity index (χ2v) is 5.07. The number of ether oxygens (including phenoxy) is 4. The van der Waals surface area contributed by atoms with Crippen molar-refractivity contribution in [1.29, 1.82) is 0 Å². The van der Waals surface area contributed by atoms with Crippen LogP contribution in [0, 0.1) is 0 Å². The molecule has 0 aliphatic rings. The van der Waals surface area contributed by atoms with E-state index < -0.39 is 0 Å². The smallest absolute Gasteiger partial charge is 0.161 e. The van der Waals surface area contributed by atoms with Gasteiger partial charge in [-0.2, -0.15) is 0 Å². The molecule has 6 nitrogen and oxygen atoms in total. The molecule has 6 heteroatoms. The Morgan fingerprint density at radius 1 is 0.667 bits per heavy atom. The van der Waals surface area contributed by atoms with Gasteiger partial charge in [0, 0.05) is 24.7 Å². The Kier molecular flexibility index (Phi) is 6.72. The zero-order valence-electron chi connectivity index (χ0n) is 14.5. The lowest BCUT2D eigenvalue weighted by molar-refractivity contribution is 0.354. The molecule has 0 heterocycles. The topological polar surface area (TPSA) is 61.0 Å². The molecule has 0 spiro atoms. The van der Waals surface area contributed by atoms with Crippen molar-refractivity contribution in [3.05, 3.63) is 47.5 Å². The Bertz CT molecular complexity index is 661. The molecule has 2 N–H and O–H groups in total. The average molecular weight is 332 g/mol. The van der Waals surface area contributed by atoms with Crippen molar-refractivity contribution in [3.8, 4) is 23.0 Å². The lowest BCUT2D eigenvalue weighted by Gasteiger charge is -2.13. The minimum Gasteiger partial charge on any atom is -0.497 e. The van der Waals surface area contributed by atoms with Gasteiger partial charge in [0.05, 0.1) is 28.4 Å². The Morgan fingerprint density at radius 2 is 1.38 bits per heavy atom. The fourth-order valence-corrected chi connectivity index (χ4v) is 2.31. The van der Waals surface area contributed by atoms with Gasteiger partial charge in [-0.1, -0.05) is 12.1 Å². The highest BCUT2D eigenvalue weighted by atomic mass is 16.5. The molecule has 0 radical (unpaired) electrons. The summed E-state index contributed by atoms with van der Waals surface area (Å²) in [5, 5.41) is 0. The molecule has 2 aromatic carbocycles. The van der Waals surface area contributed by atoms with E-state index >= 15 is 0 Å². The number of hydrogen-bond donors (Lipinski definition) is 2. The Morgan fingerprint density at radius 3 is 2.04 bits per heavy atom. The average Bonchev–Trinajstić information content (AvgIpc) is 2.64. The Labute approximate surface area is 142 Å². The molecule has 130 valence electrons. The van der Waals surface area contributed by atoms with Crippen LogP contribution in [0.15, 0.2) is 36.4 Å². The van der Waals surface area contributed by atoms with Crippen LogP contribution in [0.1, 0.15) is 11.1 Å². The van der Waals surface area contributed by atoms with Crippen LogP contribution in [0.2, 0.25) is 0 Å². The molecule has 0 unspecified atom stereocenters. The summed E-state index contributed by atoms with van der Waals surface area (Å²) in [4.78, 5) is 0. The minimum absolute atomic E-state index is 0.625. The first-order valence-electron chi connectivity index (χ1n) is 7.59. The maximum absolute atomic E-state index is 5.38. The van der Waals surface area contributed by atoms with Crippen molar-refractivity contribution >= 4 is 0 Å². The van der Waals surface area contributed by atoms with Crippen LogP contribution in [-0.4, -0.2) is 28.4 Å². The lowest BCUT2D eigenvalue weighted by atomic mass is 10.2. The summed E-state index contributed by atoms with van der Waals surface area (Å²) in [6.45, 7) is 1.28. The molecule has 24 heavy (non-hydrogen) atoms. The molecular formula is C18H24N2O4. The van der Waals surface area contributed by atoms with Crippen LogP contribution in [0.3, 0.4) is 0 Å². The predicted molar refractivity (Wildman–Crippen MR) is 92.8 cm³/mol. The SMILES string of the molecule is COc1ccc(CNNCc2ccc(OC)c(OC)c2)c(OC)c1. The van der Waals surface area contributed by atoms with E-state index in [0.29, 0.717) is 18.8 Å². The third-order valence-electron chi connectivity index (χ3n) is 3.64. The third kappa shape index (κ3) is 4.53. The summed E-state index contributed by atoms with van der Waals surface area (Å²) in [5.41, 5.74) is 8.50. The summed E-state index contributed by atoms with van der Waals surface area (Å²) in [6.07, 6.45) is 0. The molecular weight excluding hydrogens is 308 g/mol. The van der Waals surface area contributed by atoms with Gasteiger partial charge in [-0.3, -0.25) is 10.9 Å². The van der Waals surface area contributed by atoms with Crippen LogP contribution >= 0.6 is 0 Å². The largest absolute Gasteiger partial charge is 0.497 e. The number of rotatable bonds is 9. The monoisotopic (exact) mass is 332 g/mol. The van der Waals surface area contributed by atoms with Gasteiger partial charge in [-0.15, -0.1) is 0 Å².